The first-order chi connectivity index (χ1) is 4.66. The summed E-state index contributed by atoms with van der Waals surface area (Å²) in [5.41, 5.74) is 0.558. The molecule has 0 saturated heterocycles. The van der Waals surface area contributed by atoms with Gasteiger partial charge in [0, 0.05) is 0 Å². The van der Waals surface area contributed by atoms with Crippen molar-refractivity contribution in [2.75, 3.05) is 12.5 Å². The van der Waals surface area contributed by atoms with E-state index in [1.807, 2.05) is 0 Å². The van der Waals surface area contributed by atoms with E-state index in [1.54, 1.807) is 6.92 Å². The quantitative estimate of drug-likeness (QED) is 0.379. The van der Waals surface area contributed by atoms with Gasteiger partial charge >= 0.3 is 5.97 Å². The Morgan fingerprint density at radius 2 is 2.40 bits per heavy atom. The van der Waals surface area contributed by atoms with Crippen LogP contribution in [0, 0.1) is 0 Å². The average Bonchev–Trinajstić information content (AvgIpc) is 1.87. The highest BCUT2D eigenvalue weighted by Crippen LogP contribution is 1.84. The fourth-order valence-electron chi connectivity index (χ4n) is 0.222. The molecule has 0 spiro atoms. The fraction of sp³-hybridized carbons (Fsp3) is 0.600. The van der Waals surface area contributed by atoms with Gasteiger partial charge in [-0.05, 0) is 6.92 Å². The molecule has 4 nitrogen and oxygen atoms in total. The van der Waals surface area contributed by atoms with Gasteiger partial charge in [0.2, 0.25) is 6.61 Å². The summed E-state index contributed by atoms with van der Waals surface area (Å²) in [6.07, 6.45) is 0. The van der Waals surface area contributed by atoms with E-state index in [0.29, 0.717) is 5.71 Å². The Kier molecular flexibility index (Phi) is 4.66. The van der Waals surface area contributed by atoms with Gasteiger partial charge in [0.25, 0.3) is 0 Å². The maximum Gasteiger partial charge on any atom is 0.344 e. The maximum absolute atomic E-state index is 9.84. The normalized spacial score (nSPS) is 11.2. The number of oxime groups is 1. The lowest BCUT2D eigenvalue weighted by Gasteiger charge is -1.93. The number of halogens is 1. The van der Waals surface area contributed by atoms with Gasteiger partial charge in [-0.15, -0.1) is 11.6 Å². The summed E-state index contributed by atoms with van der Waals surface area (Å²) >= 11 is 5.31. The molecule has 0 aromatic carbocycles. The van der Waals surface area contributed by atoms with E-state index in [4.69, 9.17) is 16.7 Å². The molecule has 0 aromatic rings. The third kappa shape index (κ3) is 5.37. The van der Waals surface area contributed by atoms with Crippen molar-refractivity contribution in [1.82, 2.24) is 0 Å². The summed E-state index contributed by atoms with van der Waals surface area (Å²) in [6.45, 7) is 1.23. The molecule has 0 fully saturated rings. The highest BCUT2D eigenvalue weighted by molar-refractivity contribution is 6.28. The summed E-state index contributed by atoms with van der Waals surface area (Å²) in [5.74, 6) is -0.800. The smallest absolute Gasteiger partial charge is 0.344 e. The molecule has 58 valence electrons. The zero-order chi connectivity index (χ0) is 7.98. The molecule has 0 radical (unpaired) electrons. The van der Waals surface area contributed by atoms with Crippen molar-refractivity contribution in [3.05, 3.63) is 0 Å². The summed E-state index contributed by atoms with van der Waals surface area (Å²) in [4.78, 5) is 14.2. The second-order valence-electron chi connectivity index (χ2n) is 1.63. The molecular weight excluding hydrogens is 158 g/mol. The van der Waals surface area contributed by atoms with E-state index in [1.165, 1.54) is 0 Å². The molecule has 0 unspecified atom stereocenters. The Morgan fingerprint density at radius 3 is 2.80 bits per heavy atom. The maximum atomic E-state index is 9.84. The predicted molar refractivity (Wildman–Crippen MR) is 37.4 cm³/mol. The molecule has 1 N–H and O–H groups in total. The van der Waals surface area contributed by atoms with Crippen LogP contribution in [0.2, 0.25) is 0 Å². The van der Waals surface area contributed by atoms with Gasteiger partial charge in [-0.2, -0.15) is 0 Å². The predicted octanol–water partition coefficient (Wildman–Crippen LogP) is 0.702. The van der Waals surface area contributed by atoms with Crippen molar-refractivity contribution >= 4 is 23.3 Å². The van der Waals surface area contributed by atoms with Crippen molar-refractivity contribution in [3.63, 3.8) is 0 Å². The molecule has 5 heteroatoms. The molecular formula is C5H8ClNO3. The zero-order valence-corrected chi connectivity index (χ0v) is 6.26. The van der Waals surface area contributed by atoms with Crippen LogP contribution in [0.5, 0.6) is 0 Å². The molecule has 0 saturated carbocycles. The largest absolute Gasteiger partial charge is 0.479 e. The van der Waals surface area contributed by atoms with Gasteiger partial charge in [0.1, 0.15) is 0 Å². The topological polar surface area (TPSA) is 58.9 Å². The van der Waals surface area contributed by atoms with Crippen LogP contribution in [0.25, 0.3) is 0 Å². The molecule has 10 heavy (non-hydrogen) atoms. The number of hydrogen-bond donors (Lipinski definition) is 1. The Hall–Kier alpha value is -0.770. The Labute approximate surface area is 63.4 Å². The van der Waals surface area contributed by atoms with Crippen LogP contribution in [0.1, 0.15) is 6.92 Å². The molecule has 0 aliphatic carbocycles. The zero-order valence-electron chi connectivity index (χ0n) is 5.50. The van der Waals surface area contributed by atoms with Crippen LogP contribution in [-0.2, 0) is 9.63 Å². The summed E-state index contributed by atoms with van der Waals surface area (Å²) in [7, 11) is 0. The number of alkyl halides is 1. The minimum atomic E-state index is -1.05. The molecule has 0 aliphatic heterocycles. The van der Waals surface area contributed by atoms with Gasteiger partial charge in [-0.25, -0.2) is 4.79 Å². The first-order valence-electron chi connectivity index (χ1n) is 2.60. The number of carboxylic acid groups (broad SMARTS) is 1. The summed E-state index contributed by atoms with van der Waals surface area (Å²) in [5, 5.41) is 11.5. The van der Waals surface area contributed by atoms with Crippen LogP contribution >= 0.6 is 11.6 Å². The first kappa shape index (κ1) is 9.23. The van der Waals surface area contributed by atoms with E-state index in [-0.39, 0.29) is 5.88 Å². The Bertz CT molecular complexity index is 146. The van der Waals surface area contributed by atoms with Crippen LogP contribution < -0.4 is 0 Å². The average molecular weight is 166 g/mol. The number of nitrogens with zero attached hydrogens (tertiary/aromatic N) is 1. The summed E-state index contributed by atoms with van der Waals surface area (Å²) in [6, 6.07) is 0. The van der Waals surface area contributed by atoms with E-state index >= 15 is 0 Å². The lowest BCUT2D eigenvalue weighted by Crippen LogP contribution is -2.05. The number of carboxylic acids is 1. The van der Waals surface area contributed by atoms with Crippen LogP contribution in [-0.4, -0.2) is 29.3 Å². The number of aliphatic carboxylic acids is 1. The SMILES string of the molecule is C/C(CCl)=N\OCC(=O)O. The van der Waals surface area contributed by atoms with Gasteiger partial charge in [-0.1, -0.05) is 5.16 Å². The molecule has 0 amide bonds. The molecule has 0 atom stereocenters. The number of hydrogen-bond acceptors (Lipinski definition) is 3. The highest BCUT2D eigenvalue weighted by atomic mass is 35.5. The molecule has 0 aromatic heterocycles. The monoisotopic (exact) mass is 165 g/mol. The van der Waals surface area contributed by atoms with Gasteiger partial charge in [0.05, 0.1) is 11.6 Å². The van der Waals surface area contributed by atoms with Crippen molar-refractivity contribution in [1.29, 1.82) is 0 Å². The molecule has 0 bridgehead atoms. The van der Waals surface area contributed by atoms with Crippen molar-refractivity contribution in [2.24, 2.45) is 5.16 Å². The van der Waals surface area contributed by atoms with E-state index in [9.17, 15) is 4.79 Å². The first-order valence-corrected chi connectivity index (χ1v) is 3.13. The van der Waals surface area contributed by atoms with Crippen molar-refractivity contribution in [3.8, 4) is 0 Å². The third-order valence-corrected chi connectivity index (χ3v) is 0.989. The lowest BCUT2D eigenvalue weighted by molar-refractivity contribution is -0.142. The number of carbonyl (C=O) groups is 1. The molecule has 0 heterocycles. The van der Waals surface area contributed by atoms with Crippen molar-refractivity contribution in [2.45, 2.75) is 6.92 Å². The van der Waals surface area contributed by atoms with Gasteiger partial charge < -0.3 is 9.94 Å². The highest BCUT2D eigenvalue weighted by Gasteiger charge is 1.94. The number of rotatable bonds is 4. The third-order valence-electron chi connectivity index (χ3n) is 0.602. The van der Waals surface area contributed by atoms with Gasteiger partial charge in [-0.3, -0.25) is 0 Å². The van der Waals surface area contributed by atoms with E-state index in [2.05, 4.69) is 9.99 Å². The Balaban J connectivity index is 3.43. The fourth-order valence-corrected chi connectivity index (χ4v) is 0.271. The van der Waals surface area contributed by atoms with E-state index < -0.39 is 12.6 Å². The second-order valence-corrected chi connectivity index (χ2v) is 1.89. The molecule has 0 rings (SSSR count). The Morgan fingerprint density at radius 1 is 1.80 bits per heavy atom. The van der Waals surface area contributed by atoms with Crippen LogP contribution in [0.15, 0.2) is 5.16 Å². The van der Waals surface area contributed by atoms with E-state index in [0.717, 1.165) is 0 Å². The standard InChI is InChI=1S/C5H8ClNO3/c1-4(2-6)7-10-3-5(8)9/h2-3H2,1H3,(H,8,9)/b7-4+. The molecule has 0 aliphatic rings. The second kappa shape index (κ2) is 5.05. The lowest BCUT2D eigenvalue weighted by atomic mass is 10.5. The van der Waals surface area contributed by atoms with Crippen molar-refractivity contribution < 1.29 is 14.7 Å². The minimum Gasteiger partial charge on any atom is -0.479 e. The summed E-state index contributed by atoms with van der Waals surface area (Å²) < 4.78 is 0. The van der Waals surface area contributed by atoms with Crippen LogP contribution in [0.4, 0.5) is 0 Å². The van der Waals surface area contributed by atoms with Crippen LogP contribution in [0.3, 0.4) is 0 Å². The van der Waals surface area contributed by atoms with Gasteiger partial charge in [0.15, 0.2) is 0 Å². The minimum absolute atomic E-state index is 0.250.